The highest BCUT2D eigenvalue weighted by Gasteiger charge is 2.57. The Kier molecular flexibility index (Phi) is 3.20. The molecule has 0 aromatic rings. The van der Waals surface area contributed by atoms with Crippen molar-refractivity contribution in [2.45, 2.75) is 69.9 Å². The van der Waals surface area contributed by atoms with Gasteiger partial charge in [0.05, 0.1) is 12.6 Å². The van der Waals surface area contributed by atoms with E-state index >= 15 is 0 Å². The minimum Gasteiger partial charge on any atom is -0.348 e. The van der Waals surface area contributed by atoms with Gasteiger partial charge in [-0.3, -0.25) is 0 Å². The van der Waals surface area contributed by atoms with Crippen LogP contribution in [0.25, 0.3) is 10.4 Å². The molecule has 0 aliphatic carbocycles. The summed E-state index contributed by atoms with van der Waals surface area (Å²) < 4.78 is 28.6. The number of ether oxygens (including phenoxy) is 5. The highest BCUT2D eigenvalue weighted by molar-refractivity contribution is 5.01. The van der Waals surface area contributed by atoms with Crippen molar-refractivity contribution in [3.8, 4) is 0 Å². The van der Waals surface area contributed by atoms with Crippen molar-refractivity contribution in [1.82, 2.24) is 0 Å². The SMILES string of the molecule is CC1(C)OCC([C@H]2O[C@@H]3OC(C)(C)OC3[C@H]2N=[N+]=[N-])O1. The van der Waals surface area contributed by atoms with Crippen molar-refractivity contribution in [3.05, 3.63) is 10.4 Å². The molecular formula is C12H19N3O5. The maximum absolute atomic E-state index is 8.77. The molecule has 0 aromatic carbocycles. The van der Waals surface area contributed by atoms with E-state index in [0.717, 1.165) is 0 Å². The van der Waals surface area contributed by atoms with Crippen molar-refractivity contribution in [2.75, 3.05) is 6.61 Å². The maximum Gasteiger partial charge on any atom is 0.188 e. The summed E-state index contributed by atoms with van der Waals surface area (Å²) >= 11 is 0. The van der Waals surface area contributed by atoms with E-state index in [-0.39, 0.29) is 6.10 Å². The zero-order valence-electron chi connectivity index (χ0n) is 12.0. The Bertz CT molecular complexity index is 448. The standard InChI is InChI=1S/C12H19N3O5/c1-11(2)16-5-6(18-11)8-7(14-15-13)9-10(17-8)20-12(3,4)19-9/h6-10H,5H2,1-4H3/t6?,7-,8+,9?,10+/m0/s1. The zero-order valence-corrected chi connectivity index (χ0v) is 12.0. The summed E-state index contributed by atoms with van der Waals surface area (Å²) in [7, 11) is 0. The van der Waals surface area contributed by atoms with Gasteiger partial charge in [0.15, 0.2) is 17.9 Å². The lowest BCUT2D eigenvalue weighted by atomic mass is 10.0. The van der Waals surface area contributed by atoms with Gasteiger partial charge in [0.1, 0.15) is 18.3 Å². The third-order valence-corrected chi connectivity index (χ3v) is 3.63. The third kappa shape index (κ3) is 2.39. The molecular weight excluding hydrogens is 266 g/mol. The summed E-state index contributed by atoms with van der Waals surface area (Å²) in [6.07, 6.45) is -1.70. The molecule has 20 heavy (non-hydrogen) atoms. The number of rotatable bonds is 2. The summed E-state index contributed by atoms with van der Waals surface area (Å²) in [6.45, 7) is 7.66. The van der Waals surface area contributed by atoms with Gasteiger partial charge >= 0.3 is 0 Å². The lowest BCUT2D eigenvalue weighted by Gasteiger charge is -2.26. The van der Waals surface area contributed by atoms with Gasteiger partial charge in [-0.15, -0.1) is 0 Å². The fourth-order valence-corrected chi connectivity index (χ4v) is 2.89. The lowest BCUT2D eigenvalue weighted by Crippen LogP contribution is -2.41. The van der Waals surface area contributed by atoms with Crippen molar-refractivity contribution in [3.63, 3.8) is 0 Å². The van der Waals surface area contributed by atoms with Crippen LogP contribution in [0.3, 0.4) is 0 Å². The predicted octanol–water partition coefficient (Wildman–Crippen LogP) is 1.69. The molecule has 0 bridgehead atoms. The van der Waals surface area contributed by atoms with Crippen LogP contribution in [0, 0.1) is 0 Å². The summed E-state index contributed by atoms with van der Waals surface area (Å²) in [5.41, 5.74) is 8.77. The molecule has 0 radical (unpaired) electrons. The first-order chi connectivity index (χ1) is 9.31. The molecule has 0 spiro atoms. The Labute approximate surface area is 116 Å². The van der Waals surface area contributed by atoms with Crippen molar-refractivity contribution in [2.24, 2.45) is 5.11 Å². The van der Waals surface area contributed by atoms with Crippen LogP contribution in [0.2, 0.25) is 0 Å². The first kappa shape index (κ1) is 14.1. The molecule has 0 saturated carbocycles. The third-order valence-electron chi connectivity index (χ3n) is 3.63. The summed E-state index contributed by atoms with van der Waals surface area (Å²) in [4.78, 5) is 2.90. The molecule has 112 valence electrons. The van der Waals surface area contributed by atoms with Crippen LogP contribution in [0.4, 0.5) is 0 Å². The molecule has 3 heterocycles. The maximum atomic E-state index is 8.77. The smallest absolute Gasteiger partial charge is 0.188 e. The van der Waals surface area contributed by atoms with Gasteiger partial charge in [0.25, 0.3) is 0 Å². The van der Waals surface area contributed by atoms with E-state index in [1.54, 1.807) is 13.8 Å². The molecule has 0 amide bonds. The van der Waals surface area contributed by atoms with Crippen molar-refractivity contribution < 1.29 is 23.7 Å². The first-order valence-electron chi connectivity index (χ1n) is 6.68. The Hall–Kier alpha value is -0.890. The van der Waals surface area contributed by atoms with E-state index in [1.807, 2.05) is 13.8 Å². The summed E-state index contributed by atoms with van der Waals surface area (Å²) in [5.74, 6) is -1.40. The molecule has 3 aliphatic rings. The van der Waals surface area contributed by atoms with Crippen LogP contribution in [-0.2, 0) is 23.7 Å². The van der Waals surface area contributed by atoms with Crippen LogP contribution < -0.4 is 0 Å². The lowest BCUT2D eigenvalue weighted by molar-refractivity contribution is -0.222. The van der Waals surface area contributed by atoms with E-state index in [1.165, 1.54) is 0 Å². The highest BCUT2D eigenvalue weighted by Crippen LogP contribution is 2.41. The predicted molar refractivity (Wildman–Crippen MR) is 66.5 cm³/mol. The number of azide groups is 1. The van der Waals surface area contributed by atoms with Crippen molar-refractivity contribution >= 4 is 0 Å². The molecule has 2 unspecified atom stereocenters. The van der Waals surface area contributed by atoms with Crippen LogP contribution in [-0.4, -0.2) is 48.8 Å². The molecule has 3 fully saturated rings. The average molecular weight is 285 g/mol. The minimum atomic E-state index is -0.740. The molecule has 3 aliphatic heterocycles. The number of fused-ring (bicyclic) bond motifs is 1. The number of nitrogens with zero attached hydrogens (tertiary/aromatic N) is 3. The number of hydrogen-bond donors (Lipinski definition) is 0. The average Bonchev–Trinajstić information content (AvgIpc) is 2.91. The van der Waals surface area contributed by atoms with Gasteiger partial charge in [-0.1, -0.05) is 5.11 Å². The molecule has 3 saturated heterocycles. The molecule has 3 rings (SSSR count). The van der Waals surface area contributed by atoms with E-state index in [9.17, 15) is 0 Å². The zero-order chi connectivity index (χ0) is 14.5. The van der Waals surface area contributed by atoms with E-state index < -0.39 is 36.1 Å². The Morgan fingerprint density at radius 3 is 2.40 bits per heavy atom. The fourth-order valence-electron chi connectivity index (χ4n) is 2.89. The second kappa shape index (κ2) is 4.56. The number of hydrogen-bond acceptors (Lipinski definition) is 6. The van der Waals surface area contributed by atoms with Crippen LogP contribution >= 0.6 is 0 Å². The van der Waals surface area contributed by atoms with Gasteiger partial charge < -0.3 is 23.7 Å². The van der Waals surface area contributed by atoms with Crippen molar-refractivity contribution in [1.29, 1.82) is 0 Å². The van der Waals surface area contributed by atoms with Gasteiger partial charge in [-0.05, 0) is 33.2 Å². The Balaban J connectivity index is 1.78. The first-order valence-corrected chi connectivity index (χ1v) is 6.68. The highest BCUT2D eigenvalue weighted by atomic mass is 16.8. The minimum absolute atomic E-state index is 0.304. The topological polar surface area (TPSA) is 94.9 Å². The van der Waals surface area contributed by atoms with Crippen LogP contribution in [0.5, 0.6) is 0 Å². The Morgan fingerprint density at radius 2 is 1.80 bits per heavy atom. The van der Waals surface area contributed by atoms with Crippen LogP contribution in [0.1, 0.15) is 27.7 Å². The normalized spacial score (nSPS) is 45.1. The van der Waals surface area contributed by atoms with E-state index in [0.29, 0.717) is 6.61 Å². The quantitative estimate of drug-likeness (QED) is 0.437. The van der Waals surface area contributed by atoms with Gasteiger partial charge in [0.2, 0.25) is 0 Å². The molecule has 0 N–H and O–H groups in total. The second-order valence-electron chi connectivity index (χ2n) is 6.13. The molecule has 8 nitrogen and oxygen atoms in total. The summed E-state index contributed by atoms with van der Waals surface area (Å²) in [5, 5.41) is 3.82. The molecule has 5 atom stereocenters. The Morgan fingerprint density at radius 1 is 1.05 bits per heavy atom. The van der Waals surface area contributed by atoms with E-state index in [4.69, 9.17) is 29.2 Å². The largest absolute Gasteiger partial charge is 0.348 e. The second-order valence-corrected chi connectivity index (χ2v) is 6.13. The van der Waals surface area contributed by atoms with E-state index in [2.05, 4.69) is 10.0 Å². The molecule has 8 heteroatoms. The monoisotopic (exact) mass is 285 g/mol. The van der Waals surface area contributed by atoms with Gasteiger partial charge in [0, 0.05) is 4.91 Å². The molecule has 0 aromatic heterocycles. The summed E-state index contributed by atoms with van der Waals surface area (Å²) in [6, 6.07) is -0.491. The fraction of sp³-hybridized carbons (Fsp3) is 1.00. The van der Waals surface area contributed by atoms with Gasteiger partial charge in [-0.2, -0.15) is 0 Å². The van der Waals surface area contributed by atoms with Gasteiger partial charge in [-0.25, -0.2) is 0 Å². The van der Waals surface area contributed by atoms with Crippen LogP contribution in [0.15, 0.2) is 5.11 Å².